The monoisotopic (exact) mass is 296 g/mol. The Kier molecular flexibility index (Phi) is 4.46. The van der Waals surface area contributed by atoms with Gasteiger partial charge in [0.2, 0.25) is 0 Å². The maximum absolute atomic E-state index is 11.8. The van der Waals surface area contributed by atoms with E-state index in [-0.39, 0.29) is 11.3 Å². The van der Waals surface area contributed by atoms with E-state index >= 15 is 0 Å². The molecule has 1 N–H and O–H groups in total. The van der Waals surface area contributed by atoms with Gasteiger partial charge in [0, 0.05) is 21.2 Å². The summed E-state index contributed by atoms with van der Waals surface area (Å²) in [6, 6.07) is 7.21. The van der Waals surface area contributed by atoms with Crippen molar-refractivity contribution in [2.24, 2.45) is 10.5 Å². The molecule has 17 heavy (non-hydrogen) atoms. The largest absolute Gasteiger partial charge is 0.271 e. The van der Waals surface area contributed by atoms with E-state index in [1.807, 2.05) is 19.1 Å². The molecule has 0 atom stereocenters. The standard InChI is InChI=1S/C13H17BrN2O/c1-9(13(2,3)4)15-16-12(17)10-6-5-7-11(14)8-10/h5-8H,1-4H3,(H,16,17)/b15-9-. The van der Waals surface area contributed by atoms with Crippen LogP contribution in [-0.2, 0) is 0 Å². The van der Waals surface area contributed by atoms with Crippen LogP contribution in [0.15, 0.2) is 33.8 Å². The highest BCUT2D eigenvalue weighted by Crippen LogP contribution is 2.15. The Balaban J connectivity index is 2.75. The van der Waals surface area contributed by atoms with Crippen molar-refractivity contribution in [2.75, 3.05) is 0 Å². The molecule has 1 aromatic rings. The molecular formula is C13H17BrN2O. The Morgan fingerprint density at radius 3 is 2.53 bits per heavy atom. The number of hydrogen-bond acceptors (Lipinski definition) is 2. The molecule has 1 aromatic carbocycles. The zero-order valence-corrected chi connectivity index (χ0v) is 12.1. The minimum atomic E-state index is -0.199. The van der Waals surface area contributed by atoms with Gasteiger partial charge in [0.05, 0.1) is 0 Å². The molecule has 0 heterocycles. The third kappa shape index (κ3) is 4.30. The second kappa shape index (κ2) is 5.45. The van der Waals surface area contributed by atoms with Gasteiger partial charge < -0.3 is 0 Å². The van der Waals surface area contributed by atoms with Gasteiger partial charge in [-0.2, -0.15) is 5.10 Å². The first-order chi connectivity index (χ1) is 7.80. The van der Waals surface area contributed by atoms with Crippen LogP contribution in [0.1, 0.15) is 38.1 Å². The molecule has 0 saturated carbocycles. The topological polar surface area (TPSA) is 41.5 Å². The second-order valence-electron chi connectivity index (χ2n) is 4.90. The van der Waals surface area contributed by atoms with Crippen LogP contribution in [0.25, 0.3) is 0 Å². The maximum atomic E-state index is 11.8. The van der Waals surface area contributed by atoms with Crippen molar-refractivity contribution in [3.05, 3.63) is 34.3 Å². The van der Waals surface area contributed by atoms with Crippen molar-refractivity contribution >= 4 is 27.5 Å². The summed E-state index contributed by atoms with van der Waals surface area (Å²) < 4.78 is 0.877. The molecule has 0 spiro atoms. The summed E-state index contributed by atoms with van der Waals surface area (Å²) in [5, 5.41) is 4.10. The molecule has 0 saturated heterocycles. The first kappa shape index (κ1) is 13.9. The molecule has 0 unspecified atom stereocenters. The summed E-state index contributed by atoms with van der Waals surface area (Å²) in [4.78, 5) is 11.8. The molecular weight excluding hydrogens is 280 g/mol. The fourth-order valence-electron chi connectivity index (χ4n) is 0.997. The highest BCUT2D eigenvalue weighted by Gasteiger charge is 2.14. The fraction of sp³-hybridized carbons (Fsp3) is 0.385. The van der Waals surface area contributed by atoms with Crippen LogP contribution in [0.2, 0.25) is 0 Å². The fourth-order valence-corrected chi connectivity index (χ4v) is 1.40. The van der Waals surface area contributed by atoms with Crippen LogP contribution >= 0.6 is 15.9 Å². The zero-order valence-electron chi connectivity index (χ0n) is 10.5. The SMILES string of the molecule is C/C(=N/NC(=O)c1cccc(Br)c1)C(C)(C)C. The summed E-state index contributed by atoms with van der Waals surface area (Å²) in [6.07, 6.45) is 0. The number of carbonyl (C=O) groups is 1. The Labute approximate surface area is 110 Å². The summed E-state index contributed by atoms with van der Waals surface area (Å²) in [7, 11) is 0. The van der Waals surface area contributed by atoms with E-state index in [9.17, 15) is 4.79 Å². The number of rotatable bonds is 2. The van der Waals surface area contributed by atoms with E-state index in [0.29, 0.717) is 5.56 Å². The van der Waals surface area contributed by atoms with E-state index < -0.39 is 0 Å². The molecule has 92 valence electrons. The van der Waals surface area contributed by atoms with Gasteiger partial charge in [0.1, 0.15) is 0 Å². The lowest BCUT2D eigenvalue weighted by atomic mass is 9.91. The Morgan fingerprint density at radius 1 is 1.35 bits per heavy atom. The molecule has 0 aliphatic heterocycles. The maximum Gasteiger partial charge on any atom is 0.271 e. The van der Waals surface area contributed by atoms with Gasteiger partial charge in [-0.25, -0.2) is 5.43 Å². The first-order valence-electron chi connectivity index (χ1n) is 5.41. The summed E-state index contributed by atoms with van der Waals surface area (Å²) in [5.41, 5.74) is 4.00. The molecule has 0 aliphatic carbocycles. The van der Waals surface area contributed by atoms with E-state index in [1.165, 1.54) is 0 Å². The normalized spacial score (nSPS) is 12.4. The number of hydrazone groups is 1. The third-order valence-corrected chi connectivity index (χ3v) is 2.99. The Bertz CT molecular complexity index is 447. The van der Waals surface area contributed by atoms with E-state index in [4.69, 9.17) is 0 Å². The van der Waals surface area contributed by atoms with Crippen LogP contribution < -0.4 is 5.43 Å². The lowest BCUT2D eigenvalue weighted by molar-refractivity contribution is 0.0954. The molecule has 0 aliphatic rings. The Hall–Kier alpha value is -1.16. The molecule has 0 fully saturated rings. The van der Waals surface area contributed by atoms with Crippen molar-refractivity contribution < 1.29 is 4.79 Å². The van der Waals surface area contributed by atoms with Gasteiger partial charge in [-0.15, -0.1) is 0 Å². The number of nitrogens with zero attached hydrogens (tertiary/aromatic N) is 1. The van der Waals surface area contributed by atoms with E-state index in [1.54, 1.807) is 12.1 Å². The van der Waals surface area contributed by atoms with E-state index in [0.717, 1.165) is 10.2 Å². The average molecular weight is 297 g/mol. The minimum absolute atomic E-state index is 0.0372. The average Bonchev–Trinajstić information content (AvgIpc) is 2.24. The van der Waals surface area contributed by atoms with Gasteiger partial charge in [0.25, 0.3) is 5.91 Å². The van der Waals surface area contributed by atoms with Crippen molar-refractivity contribution in [1.29, 1.82) is 0 Å². The van der Waals surface area contributed by atoms with Crippen molar-refractivity contribution in [3.8, 4) is 0 Å². The number of halogens is 1. The van der Waals surface area contributed by atoms with Crippen LogP contribution in [0.3, 0.4) is 0 Å². The van der Waals surface area contributed by atoms with Crippen molar-refractivity contribution in [3.63, 3.8) is 0 Å². The lowest BCUT2D eigenvalue weighted by Gasteiger charge is -2.17. The number of carbonyl (C=O) groups excluding carboxylic acids is 1. The summed E-state index contributed by atoms with van der Waals surface area (Å²) in [5.74, 6) is -0.199. The van der Waals surface area contributed by atoms with Gasteiger partial charge in [0.15, 0.2) is 0 Å². The third-order valence-electron chi connectivity index (χ3n) is 2.50. The smallest absolute Gasteiger partial charge is 0.267 e. The number of benzene rings is 1. The molecule has 1 rings (SSSR count). The highest BCUT2D eigenvalue weighted by atomic mass is 79.9. The van der Waals surface area contributed by atoms with Crippen molar-refractivity contribution in [2.45, 2.75) is 27.7 Å². The highest BCUT2D eigenvalue weighted by molar-refractivity contribution is 9.10. The molecule has 0 radical (unpaired) electrons. The van der Waals surface area contributed by atoms with E-state index in [2.05, 4.69) is 47.2 Å². The van der Waals surface area contributed by atoms with Gasteiger partial charge in [-0.1, -0.05) is 42.8 Å². The van der Waals surface area contributed by atoms with Crippen LogP contribution in [-0.4, -0.2) is 11.6 Å². The van der Waals surface area contributed by atoms with Crippen LogP contribution in [0, 0.1) is 5.41 Å². The Morgan fingerprint density at radius 2 is 2.00 bits per heavy atom. The summed E-state index contributed by atoms with van der Waals surface area (Å²) in [6.45, 7) is 8.06. The van der Waals surface area contributed by atoms with Crippen molar-refractivity contribution in [1.82, 2.24) is 5.43 Å². The lowest BCUT2D eigenvalue weighted by Crippen LogP contribution is -2.24. The second-order valence-corrected chi connectivity index (χ2v) is 5.81. The molecule has 1 amide bonds. The molecule has 0 aromatic heterocycles. The predicted molar refractivity (Wildman–Crippen MR) is 74.2 cm³/mol. The first-order valence-corrected chi connectivity index (χ1v) is 6.20. The molecule has 0 bridgehead atoms. The molecule has 3 nitrogen and oxygen atoms in total. The van der Waals surface area contributed by atoms with Crippen LogP contribution in [0.5, 0.6) is 0 Å². The summed E-state index contributed by atoms with van der Waals surface area (Å²) >= 11 is 3.33. The number of amides is 1. The van der Waals surface area contributed by atoms with Gasteiger partial charge in [-0.05, 0) is 25.1 Å². The zero-order chi connectivity index (χ0) is 13.1. The predicted octanol–water partition coefficient (Wildman–Crippen LogP) is 3.60. The minimum Gasteiger partial charge on any atom is -0.267 e. The quantitative estimate of drug-likeness (QED) is 0.657. The molecule has 4 heteroatoms. The van der Waals surface area contributed by atoms with Crippen LogP contribution in [0.4, 0.5) is 0 Å². The van der Waals surface area contributed by atoms with Gasteiger partial charge >= 0.3 is 0 Å². The van der Waals surface area contributed by atoms with Gasteiger partial charge in [-0.3, -0.25) is 4.79 Å². The number of hydrogen-bond donors (Lipinski definition) is 1. The number of nitrogens with one attached hydrogen (secondary N) is 1.